The minimum atomic E-state index is -2.91. The number of benzene rings is 1. The number of nitrogens with one attached hydrogen (secondary N) is 1. The van der Waals surface area contributed by atoms with Crippen LogP contribution in [0.2, 0.25) is 0 Å². The normalized spacial score (nSPS) is 12.2. The number of methoxy groups -OCH3 is 1. The molecule has 1 heterocycles. The molecule has 1 aromatic heterocycles. The summed E-state index contributed by atoms with van der Waals surface area (Å²) in [6.07, 6.45) is 1.37. The highest BCUT2D eigenvalue weighted by atomic mass is 19.3. The number of alkyl halides is 2. The molecule has 0 fully saturated rings. The zero-order chi connectivity index (χ0) is 16.1. The van der Waals surface area contributed by atoms with E-state index in [1.807, 2.05) is 13.0 Å². The van der Waals surface area contributed by atoms with Gasteiger partial charge in [-0.1, -0.05) is 0 Å². The van der Waals surface area contributed by atoms with Crippen LogP contribution in [0.15, 0.2) is 24.4 Å². The third-order valence-electron chi connectivity index (χ3n) is 3.15. The predicted molar refractivity (Wildman–Crippen MR) is 78.1 cm³/mol. The highest BCUT2D eigenvalue weighted by Gasteiger charge is 2.12. The zero-order valence-electron chi connectivity index (χ0n) is 12.1. The number of hydrogen-bond donors (Lipinski definition) is 1. The third-order valence-corrected chi connectivity index (χ3v) is 3.15. The highest BCUT2D eigenvalue weighted by Crippen LogP contribution is 2.29. The first-order valence-electron chi connectivity index (χ1n) is 6.59. The Hall–Kier alpha value is -2.46. The lowest BCUT2D eigenvalue weighted by Crippen LogP contribution is -2.18. The first-order chi connectivity index (χ1) is 10.5. The van der Waals surface area contributed by atoms with E-state index in [0.29, 0.717) is 28.7 Å². The number of anilines is 1. The number of ether oxygens (including phenoxy) is 2. The summed E-state index contributed by atoms with van der Waals surface area (Å²) < 4.78 is 34.2. The van der Waals surface area contributed by atoms with Gasteiger partial charge in [0, 0.05) is 25.2 Å². The molecule has 0 aliphatic heterocycles. The molecule has 0 amide bonds. The lowest BCUT2D eigenvalue weighted by molar-refractivity contribution is -0.0497. The largest absolute Gasteiger partial charge is 0.435 e. The fourth-order valence-corrected chi connectivity index (χ4v) is 1.95. The van der Waals surface area contributed by atoms with Gasteiger partial charge < -0.3 is 14.8 Å². The van der Waals surface area contributed by atoms with E-state index in [0.717, 1.165) is 0 Å². The molecular weight excluding hydrogens is 292 g/mol. The van der Waals surface area contributed by atoms with Crippen molar-refractivity contribution < 1.29 is 18.3 Å². The van der Waals surface area contributed by atoms with Crippen LogP contribution >= 0.6 is 0 Å². The van der Waals surface area contributed by atoms with Gasteiger partial charge in [-0.25, -0.2) is 0 Å². The van der Waals surface area contributed by atoms with E-state index in [1.165, 1.54) is 18.3 Å². The molecule has 0 aliphatic carbocycles. The van der Waals surface area contributed by atoms with Gasteiger partial charge in [-0.05, 0) is 25.1 Å². The van der Waals surface area contributed by atoms with Crippen molar-refractivity contribution in [3.05, 3.63) is 30.0 Å². The summed E-state index contributed by atoms with van der Waals surface area (Å²) in [5, 5.41) is 12.9. The van der Waals surface area contributed by atoms with Crippen LogP contribution in [0.5, 0.6) is 5.75 Å². The number of rotatable bonds is 6. The first kappa shape index (κ1) is 15.9. The second-order valence-electron chi connectivity index (χ2n) is 4.64. The van der Waals surface area contributed by atoms with E-state index in [4.69, 9.17) is 4.74 Å². The average molecular weight is 307 g/mol. The van der Waals surface area contributed by atoms with Crippen LogP contribution in [0.4, 0.5) is 14.5 Å². The molecule has 5 nitrogen and oxygen atoms in total. The maximum Gasteiger partial charge on any atom is 0.387 e. The van der Waals surface area contributed by atoms with E-state index in [-0.39, 0.29) is 11.9 Å². The van der Waals surface area contributed by atoms with Crippen molar-refractivity contribution in [3.63, 3.8) is 0 Å². The fourth-order valence-electron chi connectivity index (χ4n) is 1.95. The molecule has 22 heavy (non-hydrogen) atoms. The van der Waals surface area contributed by atoms with Crippen LogP contribution in [-0.4, -0.2) is 31.4 Å². The predicted octanol–water partition coefficient (Wildman–Crippen LogP) is 3.15. The lowest BCUT2D eigenvalue weighted by atomic mass is 10.1. The third kappa shape index (κ3) is 3.59. The molecule has 7 heteroatoms. The SMILES string of the molecule is COC(C)CNc1c(C#N)cnc2ccc(OC(F)F)cc12. The Morgan fingerprint density at radius 1 is 1.41 bits per heavy atom. The van der Waals surface area contributed by atoms with Gasteiger partial charge in [0.2, 0.25) is 0 Å². The van der Waals surface area contributed by atoms with Gasteiger partial charge in [0.15, 0.2) is 0 Å². The molecule has 0 saturated heterocycles. The molecule has 0 spiro atoms. The molecular formula is C15H15F2N3O2. The molecule has 0 saturated carbocycles. The van der Waals surface area contributed by atoms with E-state index in [1.54, 1.807) is 13.2 Å². The molecule has 116 valence electrons. The molecule has 0 bridgehead atoms. The van der Waals surface area contributed by atoms with Crippen LogP contribution in [0.1, 0.15) is 12.5 Å². The molecule has 1 unspecified atom stereocenters. The summed E-state index contributed by atoms with van der Waals surface area (Å²) in [5.74, 6) is 0.0160. The standard InChI is InChI=1S/C15H15F2N3O2/c1-9(21-2)7-20-14-10(6-18)8-19-13-4-3-11(5-12(13)14)22-15(16)17/h3-5,8-9,15H,7H2,1-2H3,(H,19,20). The van der Waals surface area contributed by atoms with Gasteiger partial charge >= 0.3 is 6.61 Å². The monoisotopic (exact) mass is 307 g/mol. The topological polar surface area (TPSA) is 67.2 Å². The Balaban J connectivity index is 2.46. The van der Waals surface area contributed by atoms with Crippen LogP contribution in [-0.2, 0) is 4.74 Å². The molecule has 0 radical (unpaired) electrons. The average Bonchev–Trinajstić information content (AvgIpc) is 2.51. The summed E-state index contributed by atoms with van der Waals surface area (Å²) in [6.45, 7) is -0.577. The van der Waals surface area contributed by atoms with E-state index in [2.05, 4.69) is 15.0 Å². The van der Waals surface area contributed by atoms with Gasteiger partial charge in [-0.3, -0.25) is 4.98 Å². The first-order valence-corrected chi connectivity index (χ1v) is 6.59. The second-order valence-corrected chi connectivity index (χ2v) is 4.64. The molecule has 1 aromatic carbocycles. The molecule has 2 aromatic rings. The van der Waals surface area contributed by atoms with Crippen molar-refractivity contribution in [3.8, 4) is 11.8 Å². The van der Waals surface area contributed by atoms with Crippen molar-refractivity contribution in [1.29, 1.82) is 5.26 Å². The number of hydrogen-bond acceptors (Lipinski definition) is 5. The van der Waals surface area contributed by atoms with E-state index >= 15 is 0 Å². The van der Waals surface area contributed by atoms with Crippen LogP contribution in [0.25, 0.3) is 10.9 Å². The van der Waals surface area contributed by atoms with E-state index < -0.39 is 6.61 Å². The Morgan fingerprint density at radius 2 is 2.18 bits per heavy atom. The second kappa shape index (κ2) is 7.00. The van der Waals surface area contributed by atoms with E-state index in [9.17, 15) is 14.0 Å². The smallest absolute Gasteiger partial charge is 0.387 e. The van der Waals surface area contributed by atoms with Crippen molar-refractivity contribution in [2.24, 2.45) is 0 Å². The van der Waals surface area contributed by atoms with Gasteiger partial charge in [0.25, 0.3) is 0 Å². The summed E-state index contributed by atoms with van der Waals surface area (Å²) in [6, 6.07) is 6.45. The Morgan fingerprint density at radius 3 is 2.82 bits per heavy atom. The number of pyridine rings is 1. The summed E-state index contributed by atoms with van der Waals surface area (Å²) in [7, 11) is 1.58. The van der Waals surface area contributed by atoms with Gasteiger partial charge in [-0.15, -0.1) is 0 Å². The van der Waals surface area contributed by atoms with Crippen LogP contribution < -0.4 is 10.1 Å². The van der Waals surface area contributed by atoms with Gasteiger partial charge in [0.05, 0.1) is 22.9 Å². The quantitative estimate of drug-likeness (QED) is 0.888. The van der Waals surface area contributed by atoms with Gasteiger partial charge in [0.1, 0.15) is 11.8 Å². The number of halogens is 2. The van der Waals surface area contributed by atoms with Crippen molar-refractivity contribution in [1.82, 2.24) is 4.98 Å². The fraction of sp³-hybridized carbons (Fsp3) is 0.333. The Kier molecular flexibility index (Phi) is 5.07. The zero-order valence-corrected chi connectivity index (χ0v) is 12.1. The molecule has 0 aliphatic rings. The Bertz CT molecular complexity index is 701. The number of aromatic nitrogens is 1. The maximum atomic E-state index is 12.3. The molecule has 1 atom stereocenters. The van der Waals surface area contributed by atoms with Crippen molar-refractivity contribution in [2.75, 3.05) is 19.0 Å². The minimum absolute atomic E-state index is 0.0160. The van der Waals surface area contributed by atoms with Crippen molar-refractivity contribution in [2.45, 2.75) is 19.6 Å². The number of fused-ring (bicyclic) bond motifs is 1. The highest BCUT2D eigenvalue weighted by molar-refractivity contribution is 5.94. The summed E-state index contributed by atoms with van der Waals surface area (Å²) in [5.41, 5.74) is 1.43. The number of nitriles is 1. The van der Waals surface area contributed by atoms with Gasteiger partial charge in [-0.2, -0.15) is 14.0 Å². The minimum Gasteiger partial charge on any atom is -0.435 e. The molecule has 2 rings (SSSR count). The molecule has 1 N–H and O–H groups in total. The maximum absolute atomic E-state index is 12.3. The lowest BCUT2D eigenvalue weighted by Gasteiger charge is -2.15. The van der Waals surface area contributed by atoms with Crippen LogP contribution in [0.3, 0.4) is 0 Å². The summed E-state index contributed by atoms with van der Waals surface area (Å²) in [4.78, 5) is 4.14. The van der Waals surface area contributed by atoms with Crippen LogP contribution in [0, 0.1) is 11.3 Å². The van der Waals surface area contributed by atoms with Crippen molar-refractivity contribution >= 4 is 16.6 Å². The number of nitrogens with zero attached hydrogens (tertiary/aromatic N) is 2. The Labute approximate surface area is 126 Å². The summed E-state index contributed by atoms with van der Waals surface area (Å²) >= 11 is 0.